The molecule has 0 saturated heterocycles. The lowest BCUT2D eigenvalue weighted by molar-refractivity contribution is -0.136. The molecular weight excluding hydrogens is 360 g/mol. The van der Waals surface area contributed by atoms with Crippen molar-refractivity contribution in [3.05, 3.63) is 60.4 Å². The van der Waals surface area contributed by atoms with Gasteiger partial charge in [-0.3, -0.25) is 9.59 Å². The highest BCUT2D eigenvalue weighted by Crippen LogP contribution is 2.33. The lowest BCUT2D eigenvalue weighted by atomic mass is 9.90. The molecule has 0 spiro atoms. The van der Waals surface area contributed by atoms with Gasteiger partial charge in [0.05, 0.1) is 6.10 Å². The van der Waals surface area contributed by atoms with E-state index in [0.29, 0.717) is 18.6 Å². The Kier molecular flexibility index (Phi) is 8.69. The molecule has 1 aliphatic rings. The highest BCUT2D eigenvalue weighted by molar-refractivity contribution is 5.84. The number of hydrogen-bond acceptors (Lipinski definition) is 5. The third-order valence-corrected chi connectivity index (χ3v) is 4.56. The number of carbonyl (C=O) groups is 2. The van der Waals surface area contributed by atoms with Crippen molar-refractivity contribution in [1.82, 2.24) is 0 Å². The summed E-state index contributed by atoms with van der Waals surface area (Å²) < 4.78 is 5.48. The Balaban J connectivity index is 1.87. The second-order valence-corrected chi connectivity index (χ2v) is 6.74. The van der Waals surface area contributed by atoms with Crippen LogP contribution in [0.2, 0.25) is 0 Å². The fraction of sp³-hybridized carbons (Fsp3) is 0.409. The largest absolute Gasteiger partial charge is 0.491 e. The Hall–Kier alpha value is -2.66. The summed E-state index contributed by atoms with van der Waals surface area (Å²) in [6.07, 6.45) is 5.84. The Morgan fingerprint density at radius 3 is 2.75 bits per heavy atom. The van der Waals surface area contributed by atoms with Gasteiger partial charge in [0.25, 0.3) is 0 Å². The van der Waals surface area contributed by atoms with Crippen LogP contribution in [-0.4, -0.2) is 45.9 Å². The van der Waals surface area contributed by atoms with Crippen molar-refractivity contribution in [2.75, 3.05) is 6.61 Å². The highest BCUT2D eigenvalue weighted by atomic mass is 16.5. The number of aliphatic hydroxyl groups is 2. The van der Waals surface area contributed by atoms with Crippen molar-refractivity contribution in [3.8, 4) is 5.75 Å². The minimum Gasteiger partial charge on any atom is -0.491 e. The summed E-state index contributed by atoms with van der Waals surface area (Å²) in [5, 5.41) is 28.8. The minimum absolute atomic E-state index is 0.0271. The average Bonchev–Trinajstić information content (AvgIpc) is 2.94. The van der Waals surface area contributed by atoms with E-state index in [0.717, 1.165) is 0 Å². The molecule has 0 heterocycles. The molecular formula is C22H26O6. The first-order chi connectivity index (χ1) is 13.5. The lowest BCUT2D eigenvalue weighted by Crippen LogP contribution is -2.20. The van der Waals surface area contributed by atoms with Crippen LogP contribution in [0.4, 0.5) is 0 Å². The van der Waals surface area contributed by atoms with Crippen LogP contribution in [0.5, 0.6) is 5.75 Å². The zero-order valence-corrected chi connectivity index (χ0v) is 15.6. The average molecular weight is 386 g/mol. The monoisotopic (exact) mass is 386 g/mol. The van der Waals surface area contributed by atoms with Crippen LogP contribution in [0.15, 0.2) is 60.4 Å². The molecule has 0 unspecified atom stereocenters. The van der Waals surface area contributed by atoms with E-state index in [-0.39, 0.29) is 37.1 Å². The van der Waals surface area contributed by atoms with E-state index >= 15 is 0 Å². The maximum absolute atomic E-state index is 12.1. The number of carbonyl (C=O) groups excluding carboxylic acids is 1. The molecule has 6 nitrogen and oxygen atoms in total. The normalized spacial score (nSPS) is 22.6. The fourth-order valence-corrected chi connectivity index (χ4v) is 3.10. The van der Waals surface area contributed by atoms with E-state index in [1.54, 1.807) is 36.4 Å². The molecule has 3 N–H and O–H groups in total. The van der Waals surface area contributed by atoms with Crippen molar-refractivity contribution in [3.63, 3.8) is 0 Å². The first kappa shape index (κ1) is 21.6. The molecule has 28 heavy (non-hydrogen) atoms. The topological polar surface area (TPSA) is 104 Å². The molecule has 0 aromatic heterocycles. The van der Waals surface area contributed by atoms with E-state index in [1.165, 1.54) is 0 Å². The standard InChI is InChI=1S/C22H26O6/c23-16(15-28-17-8-4-3-5-9-17)12-13-19-18(20(24)14-21(19)25)10-6-1-2-7-11-22(26)27/h2-6,8-9,12-13,16,18-19,21,23,25H,7,10-11,14-15H2,(H,26,27)/b13-12+/t1?,16-,18-,19-,21-/m1/s1. The number of Topliss-reactive ketones (excluding diaryl/α,β-unsaturated/α-hetero) is 1. The molecule has 4 atom stereocenters. The first-order valence-corrected chi connectivity index (χ1v) is 9.33. The summed E-state index contributed by atoms with van der Waals surface area (Å²) in [5.41, 5.74) is 2.89. The van der Waals surface area contributed by atoms with Crippen molar-refractivity contribution >= 4 is 11.8 Å². The molecule has 0 radical (unpaired) electrons. The van der Waals surface area contributed by atoms with E-state index < -0.39 is 18.2 Å². The molecule has 0 bridgehead atoms. The Labute approximate surface area is 164 Å². The molecule has 0 aliphatic heterocycles. The number of aliphatic hydroxyl groups excluding tert-OH is 2. The van der Waals surface area contributed by atoms with Crippen LogP contribution in [0.1, 0.15) is 25.7 Å². The molecule has 1 saturated carbocycles. The Bertz CT molecular complexity index is 733. The third-order valence-electron chi connectivity index (χ3n) is 4.56. The summed E-state index contributed by atoms with van der Waals surface area (Å²) in [6.45, 7) is 0.0775. The van der Waals surface area contributed by atoms with Crippen molar-refractivity contribution < 1.29 is 29.6 Å². The van der Waals surface area contributed by atoms with Gasteiger partial charge in [0.2, 0.25) is 0 Å². The van der Waals surface area contributed by atoms with Gasteiger partial charge in [0, 0.05) is 24.7 Å². The number of allylic oxidation sites excluding steroid dienone is 1. The van der Waals surface area contributed by atoms with Crippen LogP contribution in [-0.2, 0) is 9.59 Å². The summed E-state index contributed by atoms with van der Waals surface area (Å²) in [4.78, 5) is 22.6. The fourth-order valence-electron chi connectivity index (χ4n) is 3.10. The van der Waals surface area contributed by atoms with Crippen LogP contribution in [0.3, 0.4) is 0 Å². The van der Waals surface area contributed by atoms with Gasteiger partial charge < -0.3 is 20.1 Å². The maximum atomic E-state index is 12.1. The van der Waals surface area contributed by atoms with Crippen molar-refractivity contribution in [1.29, 1.82) is 0 Å². The van der Waals surface area contributed by atoms with E-state index in [4.69, 9.17) is 9.84 Å². The first-order valence-electron chi connectivity index (χ1n) is 9.33. The molecule has 0 amide bonds. The third kappa shape index (κ3) is 7.16. The van der Waals surface area contributed by atoms with E-state index in [9.17, 15) is 19.8 Å². The number of carboxylic acid groups (broad SMARTS) is 1. The second kappa shape index (κ2) is 11.2. The molecule has 2 rings (SSSR count). The quantitative estimate of drug-likeness (QED) is 0.422. The summed E-state index contributed by atoms with van der Waals surface area (Å²) >= 11 is 0. The number of carboxylic acids is 1. The van der Waals surface area contributed by atoms with Gasteiger partial charge in [0.1, 0.15) is 24.2 Å². The zero-order valence-electron chi connectivity index (χ0n) is 15.6. The molecule has 6 heteroatoms. The summed E-state index contributed by atoms with van der Waals surface area (Å²) in [6, 6.07) is 9.14. The molecule has 1 aliphatic carbocycles. The molecule has 1 aromatic carbocycles. The van der Waals surface area contributed by atoms with Gasteiger partial charge in [-0.2, -0.15) is 0 Å². The molecule has 150 valence electrons. The van der Waals surface area contributed by atoms with Crippen LogP contribution < -0.4 is 4.74 Å². The number of aliphatic carboxylic acids is 1. The minimum atomic E-state index is -0.868. The Morgan fingerprint density at radius 1 is 1.29 bits per heavy atom. The van der Waals surface area contributed by atoms with E-state index in [2.05, 4.69) is 5.73 Å². The number of ether oxygens (including phenoxy) is 1. The predicted molar refractivity (Wildman–Crippen MR) is 104 cm³/mol. The Morgan fingerprint density at radius 2 is 2.04 bits per heavy atom. The van der Waals surface area contributed by atoms with Crippen molar-refractivity contribution in [2.24, 2.45) is 11.8 Å². The zero-order chi connectivity index (χ0) is 20.4. The smallest absolute Gasteiger partial charge is 0.303 e. The van der Waals surface area contributed by atoms with Gasteiger partial charge in [-0.1, -0.05) is 30.4 Å². The van der Waals surface area contributed by atoms with E-state index in [1.807, 2.05) is 18.2 Å². The van der Waals surface area contributed by atoms with Gasteiger partial charge in [-0.25, -0.2) is 0 Å². The number of para-hydroxylation sites is 1. The molecule has 1 fully saturated rings. The predicted octanol–water partition coefficient (Wildman–Crippen LogP) is 2.51. The maximum Gasteiger partial charge on any atom is 0.303 e. The summed E-state index contributed by atoms with van der Waals surface area (Å²) in [5.74, 6) is -0.999. The van der Waals surface area contributed by atoms with Crippen LogP contribution in [0.25, 0.3) is 0 Å². The van der Waals surface area contributed by atoms with Gasteiger partial charge in [-0.15, -0.1) is 5.73 Å². The van der Waals surface area contributed by atoms with Crippen LogP contribution >= 0.6 is 0 Å². The number of ketones is 1. The number of rotatable bonds is 10. The number of benzene rings is 1. The molecule has 1 aromatic rings. The van der Waals surface area contributed by atoms with Gasteiger partial charge >= 0.3 is 5.97 Å². The summed E-state index contributed by atoms with van der Waals surface area (Å²) in [7, 11) is 0. The second-order valence-electron chi connectivity index (χ2n) is 6.74. The lowest BCUT2D eigenvalue weighted by Gasteiger charge is -2.16. The van der Waals surface area contributed by atoms with Gasteiger partial charge in [-0.05, 0) is 37.1 Å². The van der Waals surface area contributed by atoms with Gasteiger partial charge in [0.15, 0.2) is 0 Å². The highest BCUT2D eigenvalue weighted by Gasteiger charge is 2.39. The van der Waals surface area contributed by atoms with Crippen molar-refractivity contribution in [2.45, 2.75) is 37.9 Å². The SMILES string of the molecule is O=C(O)CCC=C=CC[C@H]1C(=O)C[C@@H](O)[C@@H]1/C=C/[C@@H](O)COc1ccccc1. The van der Waals surface area contributed by atoms with Crippen LogP contribution in [0, 0.1) is 11.8 Å². The number of hydrogen-bond donors (Lipinski definition) is 3.